The van der Waals surface area contributed by atoms with Crippen LogP contribution in [0, 0.1) is 5.41 Å². The minimum atomic E-state index is -0.480. The zero-order valence-electron chi connectivity index (χ0n) is 15.7. The number of aliphatic hydroxyl groups excluding tert-OH is 1. The predicted octanol–water partition coefficient (Wildman–Crippen LogP) is 2.81. The van der Waals surface area contributed by atoms with E-state index in [1.54, 1.807) is 7.11 Å². The van der Waals surface area contributed by atoms with Gasteiger partial charge in [-0.3, -0.25) is 4.79 Å². The lowest BCUT2D eigenvalue weighted by Gasteiger charge is -2.36. The van der Waals surface area contributed by atoms with E-state index in [9.17, 15) is 4.79 Å². The Morgan fingerprint density at radius 3 is 2.56 bits per heavy atom. The van der Waals surface area contributed by atoms with Crippen LogP contribution in [0.5, 0.6) is 5.75 Å². The van der Waals surface area contributed by atoms with Crippen molar-refractivity contribution in [3.05, 3.63) is 54.1 Å². The number of hydrogen-bond acceptors (Lipinski definition) is 4. The number of nitrogens with one attached hydrogen (secondary N) is 1. The van der Waals surface area contributed by atoms with E-state index >= 15 is 0 Å². The zero-order valence-corrected chi connectivity index (χ0v) is 15.7. The van der Waals surface area contributed by atoms with Crippen LogP contribution in [-0.2, 0) is 16.0 Å². The minimum Gasteiger partial charge on any atom is -0.497 e. The van der Waals surface area contributed by atoms with Gasteiger partial charge < -0.3 is 19.9 Å². The van der Waals surface area contributed by atoms with Crippen LogP contribution < -0.4 is 10.1 Å². The Hall–Kier alpha value is -2.37. The van der Waals surface area contributed by atoms with Crippen molar-refractivity contribution in [2.24, 2.45) is 5.41 Å². The normalized spacial score (nSPS) is 15.9. The summed E-state index contributed by atoms with van der Waals surface area (Å²) >= 11 is 0. The number of carbonyl (C=O) groups excluding carboxylic acids is 1. The molecule has 2 aromatic carbocycles. The Balaban J connectivity index is 1.82. The Labute approximate surface area is 160 Å². The summed E-state index contributed by atoms with van der Waals surface area (Å²) in [4.78, 5) is 12.8. The standard InChI is InChI=1S/C22H27NO4/c1-26-20-7-5-18(6-8-20)19-4-2-3-17(15-19)16-22(9-13-27-14-10-22)21(25)23-11-12-24/h2-8,15,24H,9-14,16H2,1H3,(H,23,25). The van der Waals surface area contributed by atoms with Crippen molar-refractivity contribution >= 4 is 5.91 Å². The highest BCUT2D eigenvalue weighted by atomic mass is 16.5. The average Bonchev–Trinajstić information content (AvgIpc) is 2.73. The largest absolute Gasteiger partial charge is 0.497 e. The second-order valence-corrected chi connectivity index (χ2v) is 6.98. The molecule has 144 valence electrons. The number of methoxy groups -OCH3 is 1. The number of carbonyl (C=O) groups is 1. The van der Waals surface area contributed by atoms with Gasteiger partial charge in [-0.2, -0.15) is 0 Å². The molecule has 1 heterocycles. The van der Waals surface area contributed by atoms with E-state index in [4.69, 9.17) is 14.6 Å². The monoisotopic (exact) mass is 369 g/mol. The first-order valence-corrected chi connectivity index (χ1v) is 9.37. The van der Waals surface area contributed by atoms with E-state index in [1.165, 1.54) is 0 Å². The van der Waals surface area contributed by atoms with Gasteiger partial charge in [0.25, 0.3) is 0 Å². The van der Waals surface area contributed by atoms with E-state index in [0.717, 1.165) is 22.4 Å². The van der Waals surface area contributed by atoms with Gasteiger partial charge in [-0.15, -0.1) is 0 Å². The van der Waals surface area contributed by atoms with Gasteiger partial charge in [0.15, 0.2) is 0 Å². The van der Waals surface area contributed by atoms with Gasteiger partial charge in [-0.25, -0.2) is 0 Å². The predicted molar refractivity (Wildman–Crippen MR) is 105 cm³/mol. The van der Waals surface area contributed by atoms with E-state index in [1.807, 2.05) is 30.3 Å². The zero-order chi connectivity index (χ0) is 19.1. The molecule has 1 fully saturated rings. The summed E-state index contributed by atoms with van der Waals surface area (Å²) in [6.45, 7) is 1.41. The smallest absolute Gasteiger partial charge is 0.226 e. The quantitative estimate of drug-likeness (QED) is 0.788. The number of hydrogen-bond donors (Lipinski definition) is 2. The van der Waals surface area contributed by atoms with E-state index in [2.05, 4.69) is 23.5 Å². The molecule has 5 heteroatoms. The highest BCUT2D eigenvalue weighted by Crippen LogP contribution is 2.35. The average molecular weight is 369 g/mol. The Kier molecular flexibility index (Phi) is 6.48. The fraction of sp³-hybridized carbons (Fsp3) is 0.409. The molecule has 0 saturated carbocycles. The molecule has 2 N–H and O–H groups in total. The van der Waals surface area contributed by atoms with Crippen LogP contribution in [0.15, 0.2) is 48.5 Å². The summed E-state index contributed by atoms with van der Waals surface area (Å²) in [5.41, 5.74) is 2.88. The van der Waals surface area contributed by atoms with E-state index in [-0.39, 0.29) is 19.1 Å². The third-order valence-corrected chi connectivity index (χ3v) is 5.22. The fourth-order valence-electron chi connectivity index (χ4n) is 3.64. The summed E-state index contributed by atoms with van der Waals surface area (Å²) in [6.07, 6.45) is 2.05. The molecule has 3 rings (SSSR count). The first kappa shape index (κ1) is 19.4. The molecule has 27 heavy (non-hydrogen) atoms. The topological polar surface area (TPSA) is 67.8 Å². The van der Waals surface area contributed by atoms with Crippen LogP contribution in [0.3, 0.4) is 0 Å². The number of rotatable bonds is 7. The third-order valence-electron chi connectivity index (χ3n) is 5.22. The molecule has 0 atom stereocenters. The Morgan fingerprint density at radius 1 is 1.15 bits per heavy atom. The molecule has 2 aromatic rings. The summed E-state index contributed by atoms with van der Waals surface area (Å²) in [5, 5.41) is 11.9. The lowest BCUT2D eigenvalue weighted by atomic mass is 9.74. The van der Waals surface area contributed by atoms with Crippen molar-refractivity contribution in [3.8, 4) is 16.9 Å². The van der Waals surface area contributed by atoms with Crippen molar-refractivity contribution < 1.29 is 19.4 Å². The van der Waals surface area contributed by atoms with Gasteiger partial charge in [-0.05, 0) is 48.1 Å². The van der Waals surface area contributed by atoms with Crippen molar-refractivity contribution in [2.75, 3.05) is 33.5 Å². The second-order valence-electron chi connectivity index (χ2n) is 6.98. The molecular formula is C22H27NO4. The maximum absolute atomic E-state index is 12.8. The molecular weight excluding hydrogens is 342 g/mol. The molecule has 1 aliphatic rings. The maximum Gasteiger partial charge on any atom is 0.226 e. The van der Waals surface area contributed by atoms with Gasteiger partial charge in [0.2, 0.25) is 5.91 Å². The van der Waals surface area contributed by atoms with Crippen molar-refractivity contribution in [3.63, 3.8) is 0 Å². The highest BCUT2D eigenvalue weighted by molar-refractivity contribution is 5.83. The van der Waals surface area contributed by atoms with Crippen LogP contribution >= 0.6 is 0 Å². The summed E-state index contributed by atoms with van der Waals surface area (Å²) in [7, 11) is 1.66. The van der Waals surface area contributed by atoms with Crippen molar-refractivity contribution in [1.29, 1.82) is 0 Å². The summed E-state index contributed by atoms with van der Waals surface area (Å²) < 4.78 is 10.7. The molecule has 5 nitrogen and oxygen atoms in total. The lowest BCUT2D eigenvalue weighted by Crippen LogP contribution is -2.46. The molecule has 1 amide bonds. The van der Waals surface area contributed by atoms with Gasteiger partial charge in [0, 0.05) is 19.8 Å². The molecule has 0 aliphatic carbocycles. The van der Waals surface area contributed by atoms with Crippen LogP contribution in [-0.4, -0.2) is 44.5 Å². The molecule has 0 spiro atoms. The second kappa shape index (κ2) is 9.02. The van der Waals surface area contributed by atoms with Crippen LogP contribution in [0.1, 0.15) is 18.4 Å². The highest BCUT2D eigenvalue weighted by Gasteiger charge is 2.39. The van der Waals surface area contributed by atoms with Gasteiger partial charge in [0.05, 0.1) is 19.1 Å². The molecule has 0 aromatic heterocycles. The number of amides is 1. The first-order valence-electron chi connectivity index (χ1n) is 9.37. The Bertz CT molecular complexity index is 751. The summed E-state index contributed by atoms with van der Waals surface area (Å²) in [5.74, 6) is 0.839. The first-order chi connectivity index (χ1) is 13.2. The Morgan fingerprint density at radius 2 is 1.89 bits per heavy atom. The maximum atomic E-state index is 12.8. The molecule has 1 saturated heterocycles. The molecule has 0 radical (unpaired) electrons. The lowest BCUT2D eigenvalue weighted by molar-refractivity contribution is -0.136. The minimum absolute atomic E-state index is 0.00898. The molecule has 0 bridgehead atoms. The van der Waals surface area contributed by atoms with Crippen molar-refractivity contribution in [2.45, 2.75) is 19.3 Å². The van der Waals surface area contributed by atoms with Crippen LogP contribution in [0.4, 0.5) is 0 Å². The molecule has 1 aliphatic heterocycles. The van der Waals surface area contributed by atoms with Gasteiger partial charge in [-0.1, -0.05) is 36.4 Å². The number of aliphatic hydroxyl groups is 1. The van der Waals surface area contributed by atoms with E-state index in [0.29, 0.717) is 32.5 Å². The van der Waals surface area contributed by atoms with Crippen molar-refractivity contribution in [1.82, 2.24) is 5.32 Å². The van der Waals surface area contributed by atoms with Gasteiger partial charge in [0.1, 0.15) is 5.75 Å². The summed E-state index contributed by atoms with van der Waals surface area (Å²) in [6, 6.07) is 16.3. The van der Waals surface area contributed by atoms with Gasteiger partial charge >= 0.3 is 0 Å². The fourth-order valence-corrected chi connectivity index (χ4v) is 3.64. The SMILES string of the molecule is COc1ccc(-c2cccc(CC3(C(=O)NCCO)CCOCC3)c2)cc1. The number of benzene rings is 2. The van der Waals surface area contributed by atoms with Crippen LogP contribution in [0.25, 0.3) is 11.1 Å². The van der Waals surface area contributed by atoms with E-state index < -0.39 is 5.41 Å². The third kappa shape index (κ3) is 4.67. The number of ether oxygens (including phenoxy) is 2. The van der Waals surface area contributed by atoms with Crippen LogP contribution in [0.2, 0.25) is 0 Å². The molecule has 0 unspecified atom stereocenters.